The van der Waals surface area contributed by atoms with Gasteiger partial charge in [-0.3, -0.25) is 0 Å². The fourth-order valence-electron chi connectivity index (χ4n) is 1.06. The van der Waals surface area contributed by atoms with Crippen molar-refractivity contribution in [2.75, 3.05) is 5.32 Å². The third-order valence-corrected chi connectivity index (χ3v) is 3.12. The van der Waals surface area contributed by atoms with E-state index < -0.39 is 0 Å². The molecule has 0 aliphatic carbocycles. The van der Waals surface area contributed by atoms with Gasteiger partial charge in [0.15, 0.2) is 5.13 Å². The van der Waals surface area contributed by atoms with Crippen LogP contribution in [0.15, 0.2) is 16.9 Å². The minimum atomic E-state index is 0.731. The molecule has 0 amide bonds. The van der Waals surface area contributed by atoms with Gasteiger partial charge in [0.1, 0.15) is 11.6 Å². The molecule has 15 heavy (non-hydrogen) atoms. The Morgan fingerprint density at radius 2 is 2.07 bits per heavy atom. The lowest BCUT2D eigenvalue weighted by Crippen LogP contribution is -1.97. The van der Waals surface area contributed by atoms with Gasteiger partial charge in [-0.25, -0.2) is 15.0 Å². The molecule has 4 nitrogen and oxygen atoms in total. The standard InChI is InChI=1S/C9H9BrN4S/c1-5-3-12-9(15-5)14-8-7(10)4-11-6(2)13-8/h3-4H,1-2H3,(H,11,12,13,14). The Hall–Kier alpha value is -1.01. The first kappa shape index (κ1) is 10.5. The number of nitrogens with one attached hydrogen (secondary N) is 1. The fraction of sp³-hybridized carbons (Fsp3) is 0.222. The highest BCUT2D eigenvalue weighted by molar-refractivity contribution is 9.10. The van der Waals surface area contributed by atoms with Gasteiger partial charge in [0.05, 0.1) is 4.47 Å². The van der Waals surface area contributed by atoms with Gasteiger partial charge in [0.25, 0.3) is 0 Å². The monoisotopic (exact) mass is 284 g/mol. The van der Waals surface area contributed by atoms with Crippen LogP contribution in [-0.4, -0.2) is 15.0 Å². The lowest BCUT2D eigenvalue weighted by atomic mass is 10.5. The summed E-state index contributed by atoms with van der Waals surface area (Å²) >= 11 is 4.98. The zero-order chi connectivity index (χ0) is 10.8. The Morgan fingerprint density at radius 1 is 1.27 bits per heavy atom. The number of hydrogen-bond acceptors (Lipinski definition) is 5. The van der Waals surface area contributed by atoms with Crippen molar-refractivity contribution in [1.29, 1.82) is 0 Å². The van der Waals surface area contributed by atoms with E-state index >= 15 is 0 Å². The first-order valence-electron chi connectivity index (χ1n) is 4.34. The van der Waals surface area contributed by atoms with E-state index in [0.717, 1.165) is 21.2 Å². The van der Waals surface area contributed by atoms with Gasteiger partial charge in [0, 0.05) is 17.3 Å². The number of aryl methyl sites for hydroxylation is 2. The van der Waals surface area contributed by atoms with Crippen LogP contribution in [0.4, 0.5) is 10.9 Å². The van der Waals surface area contributed by atoms with Gasteiger partial charge in [0.2, 0.25) is 0 Å². The largest absolute Gasteiger partial charge is 0.315 e. The van der Waals surface area contributed by atoms with Gasteiger partial charge in [-0.15, -0.1) is 11.3 Å². The number of thiazole rings is 1. The molecule has 2 heterocycles. The van der Waals surface area contributed by atoms with E-state index in [9.17, 15) is 0 Å². The van der Waals surface area contributed by atoms with Crippen molar-refractivity contribution in [3.8, 4) is 0 Å². The molecule has 0 spiro atoms. The number of aromatic nitrogens is 3. The Labute approximate surface area is 99.9 Å². The Bertz CT molecular complexity index is 483. The van der Waals surface area contributed by atoms with Crippen LogP contribution < -0.4 is 5.32 Å². The molecule has 2 rings (SSSR count). The summed E-state index contributed by atoms with van der Waals surface area (Å²) in [6.45, 7) is 3.87. The molecule has 0 saturated carbocycles. The van der Waals surface area contributed by atoms with Gasteiger partial charge in [-0.1, -0.05) is 0 Å². The third-order valence-electron chi connectivity index (χ3n) is 1.71. The number of halogens is 1. The fourth-order valence-corrected chi connectivity index (χ4v) is 2.01. The molecular formula is C9H9BrN4S. The van der Waals surface area contributed by atoms with E-state index in [0.29, 0.717) is 0 Å². The number of nitrogens with zero attached hydrogens (tertiary/aromatic N) is 3. The summed E-state index contributed by atoms with van der Waals surface area (Å²) in [6, 6.07) is 0. The molecule has 0 fully saturated rings. The second-order valence-corrected chi connectivity index (χ2v) is 5.10. The van der Waals surface area contributed by atoms with Gasteiger partial charge in [-0.2, -0.15) is 0 Å². The number of hydrogen-bond donors (Lipinski definition) is 1. The highest BCUT2D eigenvalue weighted by Gasteiger charge is 2.05. The van der Waals surface area contributed by atoms with Crippen LogP contribution in [0.25, 0.3) is 0 Å². The predicted octanol–water partition coefficient (Wildman–Crippen LogP) is 3.06. The Balaban J connectivity index is 2.27. The molecule has 0 aliphatic heterocycles. The minimum absolute atomic E-state index is 0.731. The van der Waals surface area contributed by atoms with Gasteiger partial charge < -0.3 is 5.32 Å². The van der Waals surface area contributed by atoms with E-state index in [1.54, 1.807) is 17.5 Å². The zero-order valence-corrected chi connectivity index (χ0v) is 10.7. The van der Waals surface area contributed by atoms with Gasteiger partial charge >= 0.3 is 0 Å². The summed E-state index contributed by atoms with van der Waals surface area (Å²) in [5.41, 5.74) is 0. The third kappa shape index (κ3) is 2.51. The van der Waals surface area contributed by atoms with E-state index in [-0.39, 0.29) is 0 Å². The van der Waals surface area contributed by atoms with Crippen LogP contribution in [0.3, 0.4) is 0 Å². The molecule has 2 aromatic heterocycles. The van der Waals surface area contributed by atoms with E-state index in [1.807, 2.05) is 20.0 Å². The highest BCUT2D eigenvalue weighted by atomic mass is 79.9. The van der Waals surface area contributed by atoms with Crippen LogP contribution in [0, 0.1) is 13.8 Å². The van der Waals surface area contributed by atoms with Crippen LogP contribution >= 0.6 is 27.3 Å². The van der Waals surface area contributed by atoms with E-state index in [4.69, 9.17) is 0 Å². The molecule has 6 heteroatoms. The maximum atomic E-state index is 4.27. The van der Waals surface area contributed by atoms with Crippen molar-refractivity contribution >= 4 is 38.2 Å². The molecule has 0 bridgehead atoms. The van der Waals surface area contributed by atoms with Crippen molar-refractivity contribution < 1.29 is 0 Å². The molecule has 0 saturated heterocycles. The average molecular weight is 285 g/mol. The van der Waals surface area contributed by atoms with Crippen LogP contribution in [0.2, 0.25) is 0 Å². The second kappa shape index (κ2) is 4.24. The van der Waals surface area contributed by atoms with Crippen LogP contribution in [0.5, 0.6) is 0 Å². The maximum absolute atomic E-state index is 4.27. The summed E-state index contributed by atoms with van der Waals surface area (Å²) < 4.78 is 0.834. The molecule has 0 atom stereocenters. The molecule has 2 aromatic rings. The molecule has 0 unspecified atom stereocenters. The van der Waals surface area contributed by atoms with Crippen molar-refractivity contribution in [3.05, 3.63) is 27.6 Å². The van der Waals surface area contributed by atoms with Crippen molar-refractivity contribution in [3.63, 3.8) is 0 Å². The summed E-state index contributed by atoms with van der Waals surface area (Å²) in [4.78, 5) is 13.7. The summed E-state index contributed by atoms with van der Waals surface area (Å²) in [6.07, 6.45) is 3.56. The lowest BCUT2D eigenvalue weighted by Gasteiger charge is -2.04. The maximum Gasteiger partial charge on any atom is 0.188 e. The van der Waals surface area contributed by atoms with Crippen LogP contribution in [0.1, 0.15) is 10.7 Å². The summed E-state index contributed by atoms with van der Waals surface area (Å²) in [7, 11) is 0. The second-order valence-electron chi connectivity index (χ2n) is 3.01. The quantitative estimate of drug-likeness (QED) is 0.921. The minimum Gasteiger partial charge on any atom is -0.315 e. The first-order valence-corrected chi connectivity index (χ1v) is 5.94. The van der Waals surface area contributed by atoms with Crippen molar-refractivity contribution in [2.45, 2.75) is 13.8 Å². The molecule has 0 aromatic carbocycles. The molecule has 0 aliphatic rings. The molecule has 0 radical (unpaired) electrons. The normalized spacial score (nSPS) is 10.3. The van der Waals surface area contributed by atoms with Gasteiger partial charge in [-0.05, 0) is 29.8 Å². The molecular weight excluding hydrogens is 276 g/mol. The van der Waals surface area contributed by atoms with E-state index in [2.05, 4.69) is 36.2 Å². The van der Waals surface area contributed by atoms with E-state index in [1.165, 1.54) is 4.88 Å². The molecule has 78 valence electrons. The van der Waals surface area contributed by atoms with Crippen molar-refractivity contribution in [1.82, 2.24) is 15.0 Å². The average Bonchev–Trinajstić information content (AvgIpc) is 2.58. The lowest BCUT2D eigenvalue weighted by molar-refractivity contribution is 1.05. The van der Waals surface area contributed by atoms with Crippen molar-refractivity contribution in [2.24, 2.45) is 0 Å². The molecule has 1 N–H and O–H groups in total. The predicted molar refractivity (Wildman–Crippen MR) is 64.6 cm³/mol. The summed E-state index contributed by atoms with van der Waals surface area (Å²) in [5, 5.41) is 3.98. The first-order chi connectivity index (χ1) is 7.15. The number of rotatable bonds is 2. The highest BCUT2D eigenvalue weighted by Crippen LogP contribution is 2.25. The van der Waals surface area contributed by atoms with Crippen LogP contribution in [-0.2, 0) is 0 Å². The Kier molecular flexibility index (Phi) is 2.97. The smallest absolute Gasteiger partial charge is 0.188 e. The SMILES string of the molecule is Cc1ncc(Br)c(Nc2ncc(C)s2)n1. The Morgan fingerprint density at radius 3 is 2.73 bits per heavy atom. The zero-order valence-electron chi connectivity index (χ0n) is 8.28. The number of anilines is 2. The topological polar surface area (TPSA) is 50.7 Å². The summed E-state index contributed by atoms with van der Waals surface area (Å²) in [5.74, 6) is 1.48.